The molecule has 1 saturated heterocycles. The highest BCUT2D eigenvalue weighted by Crippen LogP contribution is 2.22. The van der Waals surface area contributed by atoms with E-state index >= 15 is 0 Å². The highest BCUT2D eigenvalue weighted by Gasteiger charge is 2.44. The lowest BCUT2D eigenvalue weighted by atomic mass is 9.99. The Morgan fingerprint density at radius 1 is 0.577 bits per heavy atom. The summed E-state index contributed by atoms with van der Waals surface area (Å²) in [6.07, 6.45) is 26.4. The van der Waals surface area contributed by atoms with Crippen LogP contribution in [0.3, 0.4) is 0 Å². The zero-order chi connectivity index (χ0) is 38.1. The second kappa shape index (κ2) is 34.0. The number of hydrogen-bond donors (Lipinski definition) is 4. The molecule has 6 atom stereocenters. The first-order valence-corrected chi connectivity index (χ1v) is 21.3. The molecule has 1 rings (SSSR count). The lowest BCUT2D eigenvalue weighted by molar-refractivity contribution is -0.305. The molecule has 1 heterocycles. The van der Waals surface area contributed by atoms with Crippen molar-refractivity contribution in [1.82, 2.24) is 0 Å². The van der Waals surface area contributed by atoms with Gasteiger partial charge in [0.2, 0.25) is 0 Å². The standard InChI is InChI=1S/C42H78O10/c1-3-5-7-9-11-13-15-17-18-19-21-22-24-26-28-30-37(44)49-33-35(34-50-42-41(48)40(47)39(46)36(32-43)52-42)51-38(45)31-29-27-25-23-20-16-14-12-10-8-6-4-2/h17-18,35-36,39-43,46-48H,3-16,19-34H2,1-2H3/b18-17+/t35-,36-,39+,40?,41?,42-/m0/s1. The van der Waals surface area contributed by atoms with Crippen LogP contribution in [0.5, 0.6) is 0 Å². The van der Waals surface area contributed by atoms with Crippen LogP contribution in [0.4, 0.5) is 0 Å². The Balaban J connectivity index is 2.35. The number of ether oxygens (including phenoxy) is 4. The largest absolute Gasteiger partial charge is 0.462 e. The summed E-state index contributed by atoms with van der Waals surface area (Å²) < 4.78 is 22.1. The molecular formula is C42H78O10. The summed E-state index contributed by atoms with van der Waals surface area (Å²) in [6, 6.07) is 0. The van der Waals surface area contributed by atoms with Gasteiger partial charge in [-0.1, -0.05) is 148 Å². The highest BCUT2D eigenvalue weighted by atomic mass is 16.7. The van der Waals surface area contributed by atoms with Gasteiger partial charge in [0.25, 0.3) is 0 Å². The number of rotatable bonds is 35. The summed E-state index contributed by atoms with van der Waals surface area (Å²) in [4.78, 5) is 25.2. The Morgan fingerprint density at radius 2 is 1.02 bits per heavy atom. The number of allylic oxidation sites excluding steroid dienone is 2. The number of carbonyl (C=O) groups is 2. The quantitative estimate of drug-likeness (QED) is 0.0283. The van der Waals surface area contributed by atoms with Gasteiger partial charge in [-0.3, -0.25) is 9.59 Å². The fourth-order valence-electron chi connectivity index (χ4n) is 6.48. The average Bonchev–Trinajstić information content (AvgIpc) is 3.14. The molecule has 0 aromatic heterocycles. The monoisotopic (exact) mass is 743 g/mol. The third-order valence-corrected chi connectivity index (χ3v) is 9.90. The van der Waals surface area contributed by atoms with Crippen molar-refractivity contribution in [3.8, 4) is 0 Å². The minimum absolute atomic E-state index is 0.217. The van der Waals surface area contributed by atoms with Crippen molar-refractivity contribution in [2.24, 2.45) is 0 Å². The van der Waals surface area contributed by atoms with E-state index in [4.69, 9.17) is 18.9 Å². The summed E-state index contributed by atoms with van der Waals surface area (Å²) >= 11 is 0. The molecule has 1 aliphatic heterocycles. The van der Waals surface area contributed by atoms with Crippen LogP contribution in [0.1, 0.15) is 187 Å². The molecule has 0 spiro atoms. The third-order valence-electron chi connectivity index (χ3n) is 9.90. The van der Waals surface area contributed by atoms with Gasteiger partial charge < -0.3 is 39.4 Å². The van der Waals surface area contributed by atoms with Crippen LogP contribution in [-0.2, 0) is 28.5 Å². The van der Waals surface area contributed by atoms with Gasteiger partial charge >= 0.3 is 11.9 Å². The minimum atomic E-state index is -1.59. The Kier molecular flexibility index (Phi) is 31.7. The molecule has 52 heavy (non-hydrogen) atoms. The maximum absolute atomic E-state index is 12.7. The van der Waals surface area contributed by atoms with Gasteiger partial charge in [-0.15, -0.1) is 0 Å². The van der Waals surface area contributed by atoms with Crippen LogP contribution in [0.2, 0.25) is 0 Å². The molecule has 306 valence electrons. The van der Waals surface area contributed by atoms with E-state index in [1.54, 1.807) is 0 Å². The number of aliphatic hydroxyl groups is 4. The summed E-state index contributed by atoms with van der Waals surface area (Å²) in [5.74, 6) is -0.810. The molecule has 0 aromatic rings. The molecule has 1 aliphatic rings. The molecule has 0 saturated carbocycles. The molecule has 10 nitrogen and oxygen atoms in total. The van der Waals surface area contributed by atoms with Crippen LogP contribution >= 0.6 is 0 Å². The lowest BCUT2D eigenvalue weighted by Crippen LogP contribution is -2.59. The lowest BCUT2D eigenvalue weighted by Gasteiger charge is -2.39. The molecule has 0 radical (unpaired) electrons. The predicted octanol–water partition coefficient (Wildman–Crippen LogP) is 8.39. The molecule has 0 amide bonds. The second-order valence-electron chi connectivity index (χ2n) is 14.8. The van der Waals surface area contributed by atoms with Gasteiger partial charge in [0.15, 0.2) is 12.4 Å². The first kappa shape index (κ1) is 48.5. The van der Waals surface area contributed by atoms with E-state index < -0.39 is 49.4 Å². The Labute approximate surface area is 316 Å². The fourth-order valence-corrected chi connectivity index (χ4v) is 6.48. The molecular weight excluding hydrogens is 664 g/mol. The van der Waals surface area contributed by atoms with E-state index in [1.165, 1.54) is 96.3 Å². The summed E-state index contributed by atoms with van der Waals surface area (Å²) in [7, 11) is 0. The molecule has 1 fully saturated rings. The maximum atomic E-state index is 12.7. The summed E-state index contributed by atoms with van der Waals surface area (Å²) in [6.45, 7) is 3.41. The van der Waals surface area contributed by atoms with Crippen LogP contribution in [0.25, 0.3) is 0 Å². The second-order valence-corrected chi connectivity index (χ2v) is 14.8. The summed E-state index contributed by atoms with van der Waals surface area (Å²) in [5, 5.41) is 40.0. The van der Waals surface area contributed by atoms with Gasteiger partial charge in [-0.05, 0) is 38.5 Å². The fraction of sp³-hybridized carbons (Fsp3) is 0.905. The number of unbranched alkanes of at least 4 members (excludes halogenated alkanes) is 22. The van der Waals surface area contributed by atoms with E-state index in [0.717, 1.165) is 57.8 Å². The number of esters is 2. The van der Waals surface area contributed by atoms with E-state index in [1.807, 2.05) is 0 Å². The highest BCUT2D eigenvalue weighted by molar-refractivity contribution is 5.70. The first-order valence-electron chi connectivity index (χ1n) is 21.3. The third kappa shape index (κ3) is 25.5. The van der Waals surface area contributed by atoms with Crippen LogP contribution < -0.4 is 0 Å². The zero-order valence-corrected chi connectivity index (χ0v) is 33.1. The normalized spacial score (nSPS) is 21.1. The smallest absolute Gasteiger partial charge is 0.306 e. The maximum Gasteiger partial charge on any atom is 0.306 e. The van der Waals surface area contributed by atoms with Crippen molar-refractivity contribution >= 4 is 11.9 Å². The summed E-state index contributed by atoms with van der Waals surface area (Å²) in [5.41, 5.74) is 0. The van der Waals surface area contributed by atoms with Gasteiger partial charge in [0.1, 0.15) is 31.0 Å². The Morgan fingerprint density at radius 3 is 1.50 bits per heavy atom. The molecule has 4 N–H and O–H groups in total. The van der Waals surface area contributed by atoms with Crippen LogP contribution in [0.15, 0.2) is 12.2 Å². The molecule has 0 aromatic carbocycles. The number of aliphatic hydroxyl groups excluding tert-OH is 4. The van der Waals surface area contributed by atoms with Crippen molar-refractivity contribution in [2.75, 3.05) is 19.8 Å². The molecule has 0 aliphatic carbocycles. The van der Waals surface area contributed by atoms with Crippen LogP contribution in [-0.4, -0.2) is 89.0 Å². The molecule has 10 heteroatoms. The Hall–Kier alpha value is -1.56. The predicted molar refractivity (Wildman–Crippen MR) is 206 cm³/mol. The van der Waals surface area contributed by atoms with E-state index in [-0.39, 0.29) is 32.0 Å². The topological polar surface area (TPSA) is 152 Å². The van der Waals surface area contributed by atoms with Gasteiger partial charge in [0.05, 0.1) is 13.2 Å². The van der Waals surface area contributed by atoms with Gasteiger partial charge in [0, 0.05) is 12.8 Å². The zero-order valence-electron chi connectivity index (χ0n) is 33.1. The minimum Gasteiger partial charge on any atom is -0.462 e. The Bertz CT molecular complexity index is 866. The van der Waals surface area contributed by atoms with Gasteiger partial charge in [-0.25, -0.2) is 0 Å². The van der Waals surface area contributed by atoms with Crippen molar-refractivity contribution in [3.05, 3.63) is 12.2 Å². The number of hydrogen-bond acceptors (Lipinski definition) is 10. The van der Waals surface area contributed by atoms with Crippen molar-refractivity contribution in [3.63, 3.8) is 0 Å². The molecule has 2 unspecified atom stereocenters. The number of carbonyl (C=O) groups excluding carboxylic acids is 2. The average molecular weight is 743 g/mol. The first-order chi connectivity index (χ1) is 25.3. The van der Waals surface area contributed by atoms with Crippen molar-refractivity contribution in [2.45, 2.75) is 224 Å². The van der Waals surface area contributed by atoms with Crippen molar-refractivity contribution < 1.29 is 49.0 Å². The van der Waals surface area contributed by atoms with Gasteiger partial charge in [-0.2, -0.15) is 0 Å². The van der Waals surface area contributed by atoms with Crippen molar-refractivity contribution in [1.29, 1.82) is 0 Å². The molecule has 0 bridgehead atoms. The van der Waals surface area contributed by atoms with Crippen LogP contribution in [0, 0.1) is 0 Å². The van der Waals surface area contributed by atoms with E-state index in [9.17, 15) is 30.0 Å². The van der Waals surface area contributed by atoms with E-state index in [0.29, 0.717) is 6.42 Å². The van der Waals surface area contributed by atoms with E-state index in [2.05, 4.69) is 26.0 Å². The SMILES string of the molecule is CCCCCCCC/C=C/CCCCCCCC(=O)OC[C@@H](CO[C@H]1O[C@@H](CO)[C@@H](O)C(O)C1O)OC(=O)CCCCCCCCCCCCCC.